The van der Waals surface area contributed by atoms with E-state index in [4.69, 9.17) is 9.47 Å². The van der Waals surface area contributed by atoms with E-state index in [0.717, 1.165) is 13.1 Å². The van der Waals surface area contributed by atoms with Crippen molar-refractivity contribution in [2.45, 2.75) is 50.9 Å². The van der Waals surface area contributed by atoms with E-state index in [1.165, 1.54) is 0 Å². The van der Waals surface area contributed by atoms with Crippen LogP contribution in [-0.2, 0) is 24.3 Å². The molecule has 2 N–H and O–H groups in total. The van der Waals surface area contributed by atoms with Crippen molar-refractivity contribution in [1.82, 2.24) is 10.0 Å². The van der Waals surface area contributed by atoms with Crippen molar-refractivity contribution in [3.8, 4) is 0 Å². The summed E-state index contributed by atoms with van der Waals surface area (Å²) < 4.78 is 37.0. The Morgan fingerprint density at radius 2 is 1.86 bits per heavy atom. The van der Waals surface area contributed by atoms with Crippen LogP contribution in [0.25, 0.3) is 0 Å². The number of carbonyl (C=O) groups is 1. The molecule has 1 rings (SSSR count). The molecule has 0 saturated carbocycles. The van der Waals surface area contributed by atoms with Crippen molar-refractivity contribution in [1.29, 1.82) is 0 Å². The number of rotatable bonds is 8. The molecule has 0 amide bonds. The van der Waals surface area contributed by atoms with E-state index in [2.05, 4.69) is 10.0 Å². The molecule has 1 heterocycles. The molecule has 7 nitrogen and oxygen atoms in total. The molecule has 0 aliphatic carbocycles. The zero-order chi connectivity index (χ0) is 16.6. The summed E-state index contributed by atoms with van der Waals surface area (Å²) in [6.45, 7) is 7.58. The van der Waals surface area contributed by atoms with Gasteiger partial charge < -0.3 is 14.8 Å². The van der Waals surface area contributed by atoms with Crippen LogP contribution in [0.1, 0.15) is 40.0 Å². The van der Waals surface area contributed by atoms with Gasteiger partial charge in [-0.2, -0.15) is 0 Å². The van der Waals surface area contributed by atoms with Crippen LogP contribution in [0.15, 0.2) is 0 Å². The van der Waals surface area contributed by atoms with Crippen molar-refractivity contribution in [2.24, 2.45) is 0 Å². The van der Waals surface area contributed by atoms with Gasteiger partial charge in [0.2, 0.25) is 10.0 Å². The lowest BCUT2D eigenvalue weighted by Crippen LogP contribution is -2.42. The molecular formula is C14H28N2O5S. The van der Waals surface area contributed by atoms with Crippen molar-refractivity contribution in [3.05, 3.63) is 0 Å². The highest BCUT2D eigenvalue weighted by Crippen LogP contribution is 2.11. The second-order valence-electron chi connectivity index (χ2n) is 6.34. The van der Waals surface area contributed by atoms with Crippen molar-refractivity contribution in [2.75, 3.05) is 32.8 Å². The minimum absolute atomic E-state index is 0.165. The van der Waals surface area contributed by atoms with Gasteiger partial charge in [-0.3, -0.25) is 4.79 Å². The third kappa shape index (κ3) is 8.07. The van der Waals surface area contributed by atoms with Gasteiger partial charge in [-0.05, 0) is 46.7 Å². The molecule has 0 atom stereocenters. The number of hydrogen-bond donors (Lipinski definition) is 2. The highest BCUT2D eigenvalue weighted by molar-refractivity contribution is 7.90. The van der Waals surface area contributed by atoms with Gasteiger partial charge >= 0.3 is 5.97 Å². The number of sulfonamides is 1. The van der Waals surface area contributed by atoms with E-state index in [0.29, 0.717) is 12.8 Å². The highest BCUT2D eigenvalue weighted by atomic mass is 32.2. The third-order valence-corrected chi connectivity index (χ3v) is 5.10. The second-order valence-corrected chi connectivity index (χ2v) is 8.38. The van der Waals surface area contributed by atoms with Crippen LogP contribution in [0.2, 0.25) is 0 Å². The maximum atomic E-state index is 12.0. The summed E-state index contributed by atoms with van der Waals surface area (Å²) in [6, 6.07) is 0. The van der Waals surface area contributed by atoms with E-state index in [1.54, 1.807) is 20.8 Å². The molecule has 1 fully saturated rings. The quantitative estimate of drug-likeness (QED) is 0.492. The minimum atomic E-state index is -3.27. The lowest BCUT2D eigenvalue weighted by Gasteiger charge is -2.22. The van der Waals surface area contributed by atoms with Crippen LogP contribution >= 0.6 is 0 Å². The number of ether oxygens (including phenoxy) is 2. The lowest BCUT2D eigenvalue weighted by atomic mass is 10.2. The molecule has 0 radical (unpaired) electrons. The van der Waals surface area contributed by atoms with Gasteiger partial charge in [0, 0.05) is 6.54 Å². The monoisotopic (exact) mass is 336 g/mol. The van der Waals surface area contributed by atoms with Crippen LogP contribution in [0.3, 0.4) is 0 Å². The van der Waals surface area contributed by atoms with E-state index in [1.807, 2.05) is 0 Å². The molecule has 0 aromatic rings. The number of piperidine rings is 1. The van der Waals surface area contributed by atoms with Gasteiger partial charge in [-0.1, -0.05) is 0 Å². The van der Waals surface area contributed by atoms with Crippen molar-refractivity contribution >= 4 is 16.0 Å². The Labute approximate surface area is 133 Å². The van der Waals surface area contributed by atoms with E-state index in [9.17, 15) is 13.2 Å². The first-order chi connectivity index (χ1) is 10.2. The number of esters is 1. The Morgan fingerprint density at radius 1 is 1.23 bits per heavy atom. The lowest BCUT2D eigenvalue weighted by molar-refractivity contribution is -0.156. The largest absolute Gasteiger partial charge is 0.460 e. The molecule has 22 heavy (non-hydrogen) atoms. The fraction of sp³-hybridized carbons (Fsp3) is 0.929. The minimum Gasteiger partial charge on any atom is -0.460 e. The molecule has 1 aliphatic heterocycles. The summed E-state index contributed by atoms with van der Waals surface area (Å²) >= 11 is 0. The summed E-state index contributed by atoms with van der Waals surface area (Å²) in [5.41, 5.74) is -0.498. The SMILES string of the molecule is CC(C)(C)OC(=O)CCOCCNS(=O)(=O)C1CCNCC1. The predicted molar refractivity (Wildman–Crippen MR) is 84.1 cm³/mol. The van der Waals surface area contributed by atoms with Gasteiger partial charge in [0.1, 0.15) is 5.60 Å². The summed E-state index contributed by atoms with van der Waals surface area (Å²) in [5.74, 6) is -0.317. The van der Waals surface area contributed by atoms with E-state index >= 15 is 0 Å². The fourth-order valence-corrected chi connectivity index (χ4v) is 3.59. The zero-order valence-corrected chi connectivity index (χ0v) is 14.5. The average molecular weight is 336 g/mol. The number of hydrogen-bond acceptors (Lipinski definition) is 6. The topological polar surface area (TPSA) is 93.7 Å². The molecule has 0 spiro atoms. The molecule has 1 aliphatic rings. The maximum Gasteiger partial charge on any atom is 0.308 e. The zero-order valence-electron chi connectivity index (χ0n) is 13.7. The molecule has 8 heteroatoms. The molecule has 0 aromatic carbocycles. The first kappa shape index (κ1) is 19.3. The van der Waals surface area contributed by atoms with Crippen molar-refractivity contribution < 1.29 is 22.7 Å². The molecular weight excluding hydrogens is 308 g/mol. The highest BCUT2D eigenvalue weighted by Gasteiger charge is 2.26. The molecule has 0 aromatic heterocycles. The molecule has 1 saturated heterocycles. The van der Waals surface area contributed by atoms with Crippen LogP contribution in [0.4, 0.5) is 0 Å². The van der Waals surface area contributed by atoms with E-state index < -0.39 is 15.6 Å². The van der Waals surface area contributed by atoms with Crippen LogP contribution in [-0.4, -0.2) is 58.1 Å². The van der Waals surface area contributed by atoms with Gasteiger partial charge in [-0.15, -0.1) is 0 Å². The first-order valence-corrected chi connectivity index (χ1v) is 9.24. The van der Waals surface area contributed by atoms with Crippen LogP contribution in [0.5, 0.6) is 0 Å². The Kier molecular flexibility index (Phi) is 7.75. The Balaban J connectivity index is 2.11. The molecule has 0 bridgehead atoms. The van der Waals surface area contributed by atoms with Gasteiger partial charge in [0.25, 0.3) is 0 Å². The maximum absolute atomic E-state index is 12.0. The van der Waals surface area contributed by atoms with Crippen LogP contribution < -0.4 is 10.0 Å². The standard InChI is InChI=1S/C14H28N2O5S/c1-14(2,3)21-13(17)6-10-20-11-9-16-22(18,19)12-4-7-15-8-5-12/h12,15-16H,4-11H2,1-3H3. The number of carbonyl (C=O) groups excluding carboxylic acids is 1. The summed E-state index contributed by atoms with van der Waals surface area (Å²) in [6.07, 6.45) is 1.43. The Hall–Kier alpha value is -0.700. The summed E-state index contributed by atoms with van der Waals surface area (Å²) in [4.78, 5) is 11.4. The fourth-order valence-electron chi connectivity index (χ4n) is 2.13. The average Bonchev–Trinajstić information content (AvgIpc) is 2.41. The Morgan fingerprint density at radius 3 is 2.45 bits per heavy atom. The first-order valence-electron chi connectivity index (χ1n) is 7.69. The van der Waals surface area contributed by atoms with Crippen molar-refractivity contribution in [3.63, 3.8) is 0 Å². The summed E-state index contributed by atoms with van der Waals surface area (Å²) in [7, 11) is -3.27. The second kappa shape index (κ2) is 8.81. The van der Waals surface area contributed by atoms with E-state index in [-0.39, 0.29) is 37.4 Å². The third-order valence-electron chi connectivity index (χ3n) is 3.15. The van der Waals surface area contributed by atoms with Gasteiger partial charge in [0.05, 0.1) is 24.9 Å². The normalized spacial score (nSPS) is 17.4. The molecule has 0 unspecified atom stereocenters. The van der Waals surface area contributed by atoms with Gasteiger partial charge in [-0.25, -0.2) is 13.1 Å². The number of nitrogens with one attached hydrogen (secondary N) is 2. The van der Waals surface area contributed by atoms with Gasteiger partial charge in [0.15, 0.2) is 0 Å². The predicted octanol–water partition coefficient (Wildman–Crippen LogP) is 0.406. The molecule has 130 valence electrons. The van der Waals surface area contributed by atoms with Crippen LogP contribution in [0, 0.1) is 0 Å². The summed E-state index contributed by atoms with van der Waals surface area (Å²) in [5, 5.41) is 2.81. The smallest absolute Gasteiger partial charge is 0.308 e. The Bertz CT molecular complexity index is 439.